The molecular formula is C20H21N3O2. The maximum Gasteiger partial charge on any atom is 0.319 e. The summed E-state index contributed by atoms with van der Waals surface area (Å²) < 4.78 is 5.55. The summed E-state index contributed by atoms with van der Waals surface area (Å²) in [5.74, 6) is 0. The number of carbonyl (C=O) groups excluding carboxylic acids is 1. The van der Waals surface area contributed by atoms with Gasteiger partial charge in [-0.25, -0.2) is 4.79 Å². The number of rotatable bonds is 7. The summed E-state index contributed by atoms with van der Waals surface area (Å²) in [6.07, 6.45) is 4.41. The van der Waals surface area contributed by atoms with Crippen molar-refractivity contribution in [2.24, 2.45) is 0 Å². The number of amides is 2. The number of ether oxygens (including phenoxy) is 1. The number of pyridine rings is 1. The Balaban J connectivity index is 1.35. The molecule has 128 valence electrons. The molecule has 2 amide bonds. The van der Waals surface area contributed by atoms with E-state index in [0.29, 0.717) is 19.8 Å². The van der Waals surface area contributed by atoms with Crippen LogP contribution in [-0.4, -0.2) is 30.8 Å². The smallest absolute Gasteiger partial charge is 0.319 e. The second-order valence-electron chi connectivity index (χ2n) is 5.67. The van der Waals surface area contributed by atoms with Crippen molar-refractivity contribution >= 4 is 22.5 Å². The van der Waals surface area contributed by atoms with Gasteiger partial charge in [0, 0.05) is 30.0 Å². The van der Waals surface area contributed by atoms with Gasteiger partial charge in [-0.15, -0.1) is 0 Å². The molecule has 1 heterocycles. The predicted molar refractivity (Wildman–Crippen MR) is 99.7 cm³/mol. The van der Waals surface area contributed by atoms with Gasteiger partial charge in [-0.05, 0) is 35.6 Å². The molecule has 5 heteroatoms. The van der Waals surface area contributed by atoms with Crippen molar-refractivity contribution in [3.8, 4) is 0 Å². The Morgan fingerprint density at radius 1 is 1.00 bits per heavy atom. The third-order valence-electron chi connectivity index (χ3n) is 3.81. The number of carbonyl (C=O) groups is 1. The Kier molecular flexibility index (Phi) is 5.96. The average molecular weight is 335 g/mol. The summed E-state index contributed by atoms with van der Waals surface area (Å²) in [7, 11) is 0. The number of fused-ring (bicyclic) bond motifs is 1. The molecule has 3 rings (SSSR count). The van der Waals surface area contributed by atoms with E-state index in [4.69, 9.17) is 4.74 Å². The SMILES string of the molecule is O=C(NCCOCCc1ccccc1)Nc1ccc2cnccc2c1. The Hall–Kier alpha value is -2.92. The maximum atomic E-state index is 11.9. The molecular weight excluding hydrogens is 314 g/mol. The van der Waals surface area contributed by atoms with Crippen LogP contribution >= 0.6 is 0 Å². The topological polar surface area (TPSA) is 63.2 Å². The summed E-state index contributed by atoms with van der Waals surface area (Å²) in [6.45, 7) is 1.60. The van der Waals surface area contributed by atoms with Gasteiger partial charge in [-0.2, -0.15) is 0 Å². The molecule has 0 saturated heterocycles. The highest BCUT2D eigenvalue weighted by Gasteiger charge is 2.02. The number of nitrogens with one attached hydrogen (secondary N) is 2. The van der Waals surface area contributed by atoms with E-state index in [1.807, 2.05) is 42.5 Å². The first-order chi connectivity index (χ1) is 12.3. The lowest BCUT2D eigenvalue weighted by Crippen LogP contribution is -2.31. The lowest BCUT2D eigenvalue weighted by molar-refractivity contribution is 0.140. The number of aromatic nitrogens is 1. The second kappa shape index (κ2) is 8.80. The van der Waals surface area contributed by atoms with Crippen LogP contribution in [0.1, 0.15) is 5.56 Å². The molecule has 1 aromatic heterocycles. The number of benzene rings is 2. The van der Waals surface area contributed by atoms with E-state index in [1.165, 1.54) is 5.56 Å². The molecule has 0 saturated carbocycles. The van der Waals surface area contributed by atoms with E-state index in [1.54, 1.807) is 12.4 Å². The predicted octanol–water partition coefficient (Wildman–Crippen LogP) is 3.62. The molecule has 0 bridgehead atoms. The van der Waals surface area contributed by atoms with Gasteiger partial charge in [0.2, 0.25) is 0 Å². The summed E-state index contributed by atoms with van der Waals surface area (Å²) in [5, 5.41) is 7.70. The van der Waals surface area contributed by atoms with Crippen LogP contribution in [0.4, 0.5) is 10.5 Å². The van der Waals surface area contributed by atoms with Gasteiger partial charge in [0.25, 0.3) is 0 Å². The highest BCUT2D eigenvalue weighted by atomic mass is 16.5. The molecule has 5 nitrogen and oxygen atoms in total. The van der Waals surface area contributed by atoms with Crippen molar-refractivity contribution in [1.82, 2.24) is 10.3 Å². The van der Waals surface area contributed by atoms with Crippen molar-refractivity contribution < 1.29 is 9.53 Å². The summed E-state index contributed by atoms with van der Waals surface area (Å²) in [5.41, 5.74) is 2.00. The Labute approximate surface area is 147 Å². The normalized spacial score (nSPS) is 10.6. The summed E-state index contributed by atoms with van der Waals surface area (Å²) in [4.78, 5) is 16.0. The number of nitrogens with zero attached hydrogens (tertiary/aromatic N) is 1. The van der Waals surface area contributed by atoms with Crippen LogP contribution in [0.25, 0.3) is 10.8 Å². The minimum absolute atomic E-state index is 0.236. The molecule has 3 aromatic rings. The van der Waals surface area contributed by atoms with Crippen LogP contribution in [0.2, 0.25) is 0 Å². The van der Waals surface area contributed by atoms with Crippen molar-refractivity contribution in [3.63, 3.8) is 0 Å². The first-order valence-corrected chi connectivity index (χ1v) is 8.31. The van der Waals surface area contributed by atoms with E-state index in [0.717, 1.165) is 22.9 Å². The zero-order valence-electron chi connectivity index (χ0n) is 13.9. The minimum Gasteiger partial charge on any atom is -0.379 e. The zero-order valence-corrected chi connectivity index (χ0v) is 13.9. The standard InChI is InChI=1S/C20H21N3O2/c24-20(22-11-13-25-12-9-16-4-2-1-3-5-16)23-19-7-6-18-15-21-10-8-17(18)14-19/h1-8,10,14-15H,9,11-13H2,(H2,22,23,24). The van der Waals surface area contributed by atoms with Gasteiger partial charge >= 0.3 is 6.03 Å². The van der Waals surface area contributed by atoms with Gasteiger partial charge in [-0.3, -0.25) is 4.98 Å². The van der Waals surface area contributed by atoms with E-state index in [-0.39, 0.29) is 6.03 Å². The monoisotopic (exact) mass is 335 g/mol. The molecule has 2 aromatic carbocycles. The average Bonchev–Trinajstić information content (AvgIpc) is 2.65. The summed E-state index contributed by atoms with van der Waals surface area (Å²) >= 11 is 0. The first kappa shape index (κ1) is 16.9. The van der Waals surface area contributed by atoms with Gasteiger partial charge < -0.3 is 15.4 Å². The van der Waals surface area contributed by atoms with Gasteiger partial charge in [0.15, 0.2) is 0 Å². The molecule has 0 aliphatic heterocycles. The molecule has 25 heavy (non-hydrogen) atoms. The van der Waals surface area contributed by atoms with Gasteiger partial charge in [0.1, 0.15) is 0 Å². The lowest BCUT2D eigenvalue weighted by Gasteiger charge is -2.09. The minimum atomic E-state index is -0.236. The zero-order chi connectivity index (χ0) is 17.3. The Morgan fingerprint density at radius 3 is 2.76 bits per heavy atom. The highest BCUT2D eigenvalue weighted by Crippen LogP contribution is 2.17. The Morgan fingerprint density at radius 2 is 1.88 bits per heavy atom. The fourth-order valence-corrected chi connectivity index (χ4v) is 2.51. The fraction of sp³-hybridized carbons (Fsp3) is 0.200. The van der Waals surface area contributed by atoms with Crippen LogP contribution in [0, 0.1) is 0 Å². The molecule has 0 unspecified atom stereocenters. The van der Waals surface area contributed by atoms with Crippen molar-refractivity contribution in [2.75, 3.05) is 25.1 Å². The van der Waals surface area contributed by atoms with E-state index in [9.17, 15) is 4.79 Å². The van der Waals surface area contributed by atoms with Crippen molar-refractivity contribution in [2.45, 2.75) is 6.42 Å². The van der Waals surface area contributed by atoms with Crippen LogP contribution in [-0.2, 0) is 11.2 Å². The van der Waals surface area contributed by atoms with E-state index >= 15 is 0 Å². The second-order valence-corrected chi connectivity index (χ2v) is 5.67. The highest BCUT2D eigenvalue weighted by molar-refractivity contribution is 5.93. The molecule has 0 atom stereocenters. The molecule has 0 fully saturated rings. The van der Waals surface area contributed by atoms with Gasteiger partial charge in [-0.1, -0.05) is 36.4 Å². The Bertz CT molecular complexity index is 821. The number of hydrogen-bond acceptors (Lipinski definition) is 3. The number of anilines is 1. The molecule has 0 aliphatic carbocycles. The fourth-order valence-electron chi connectivity index (χ4n) is 2.51. The molecule has 0 spiro atoms. The third-order valence-corrected chi connectivity index (χ3v) is 3.81. The molecule has 0 radical (unpaired) electrons. The quantitative estimate of drug-likeness (QED) is 0.648. The first-order valence-electron chi connectivity index (χ1n) is 8.31. The largest absolute Gasteiger partial charge is 0.379 e. The van der Waals surface area contributed by atoms with Crippen LogP contribution in [0.15, 0.2) is 67.0 Å². The molecule has 0 aliphatic rings. The van der Waals surface area contributed by atoms with Crippen LogP contribution < -0.4 is 10.6 Å². The lowest BCUT2D eigenvalue weighted by atomic mass is 10.1. The van der Waals surface area contributed by atoms with Crippen LogP contribution in [0.5, 0.6) is 0 Å². The summed E-state index contributed by atoms with van der Waals surface area (Å²) in [6, 6.07) is 17.6. The maximum absolute atomic E-state index is 11.9. The van der Waals surface area contributed by atoms with Crippen LogP contribution in [0.3, 0.4) is 0 Å². The van der Waals surface area contributed by atoms with Gasteiger partial charge in [0.05, 0.1) is 13.2 Å². The van der Waals surface area contributed by atoms with Crippen molar-refractivity contribution in [3.05, 3.63) is 72.6 Å². The van der Waals surface area contributed by atoms with E-state index in [2.05, 4.69) is 27.8 Å². The number of urea groups is 1. The number of hydrogen-bond donors (Lipinski definition) is 2. The van der Waals surface area contributed by atoms with Crippen molar-refractivity contribution in [1.29, 1.82) is 0 Å². The molecule has 2 N–H and O–H groups in total. The third kappa shape index (κ3) is 5.29. The van der Waals surface area contributed by atoms with E-state index < -0.39 is 0 Å².